The van der Waals surface area contributed by atoms with E-state index in [0.717, 1.165) is 66.2 Å². The fourth-order valence-corrected chi connectivity index (χ4v) is 6.68. The van der Waals surface area contributed by atoms with E-state index in [4.69, 9.17) is 4.42 Å². The number of hydrogen-bond donors (Lipinski definition) is 0. The van der Waals surface area contributed by atoms with Crippen LogP contribution in [0.1, 0.15) is 5.56 Å². The molecule has 41 heavy (non-hydrogen) atoms. The summed E-state index contributed by atoms with van der Waals surface area (Å²) in [5.41, 5.74) is 8.71. The summed E-state index contributed by atoms with van der Waals surface area (Å²) in [6, 6.07) is 46.5. The molecule has 0 aliphatic rings. The monoisotopic (exact) mass is 523 g/mol. The number of rotatable bonds is 2. The quantitative estimate of drug-likeness (QED) is 0.226. The first kappa shape index (κ1) is 22.1. The highest BCUT2D eigenvalue weighted by atomic mass is 16.3. The molecule has 0 atom stereocenters. The summed E-state index contributed by atoms with van der Waals surface area (Å²) < 4.78 is 11.0. The third-order valence-electron chi connectivity index (χ3n) is 8.35. The molecular weight excluding hydrogens is 502 g/mol. The first-order chi connectivity index (χ1) is 20.3. The van der Waals surface area contributed by atoms with Crippen molar-refractivity contribution in [2.24, 2.45) is 0 Å². The lowest BCUT2D eigenvalue weighted by Gasteiger charge is -2.11. The number of hydrogen-bond acceptors (Lipinski definition) is 2. The van der Waals surface area contributed by atoms with Gasteiger partial charge in [-0.1, -0.05) is 72.8 Å². The predicted octanol–water partition coefficient (Wildman–Crippen LogP) is 9.65. The average Bonchev–Trinajstić information content (AvgIpc) is 3.68. The first-order valence-electron chi connectivity index (χ1n) is 13.7. The molecule has 0 unspecified atom stereocenters. The zero-order chi connectivity index (χ0) is 27.1. The summed E-state index contributed by atoms with van der Waals surface area (Å²) in [5, 5.41) is 16.8. The van der Waals surface area contributed by atoms with Crippen molar-refractivity contribution in [3.8, 4) is 17.4 Å². The predicted molar refractivity (Wildman–Crippen MR) is 167 cm³/mol. The molecule has 0 radical (unpaired) electrons. The highest BCUT2D eigenvalue weighted by Gasteiger charge is 2.20. The molecule has 4 heteroatoms. The molecule has 9 aromatic rings. The molecule has 3 heterocycles. The summed E-state index contributed by atoms with van der Waals surface area (Å²) in [6.45, 7) is 0. The second kappa shape index (κ2) is 8.11. The Kier molecular flexibility index (Phi) is 4.37. The van der Waals surface area contributed by atoms with Crippen LogP contribution >= 0.6 is 0 Å². The van der Waals surface area contributed by atoms with Gasteiger partial charge in [0.2, 0.25) is 0 Å². The third kappa shape index (κ3) is 2.92. The van der Waals surface area contributed by atoms with Crippen molar-refractivity contribution in [2.45, 2.75) is 0 Å². The standard InChI is InChI=1S/C37H21N3O/c38-22-23-9-7-13-28-27-12-3-4-14-30(27)39(37(23)28)24-19-20-34-29(21-24)36-33(17-8-18-35(36)41-34)40-31-15-5-1-10-25(31)26-11-2-6-16-32(26)40/h1-21H. The maximum absolute atomic E-state index is 10.0. The summed E-state index contributed by atoms with van der Waals surface area (Å²) in [5.74, 6) is 0. The second-order valence-corrected chi connectivity index (χ2v) is 10.5. The van der Waals surface area contributed by atoms with Gasteiger partial charge >= 0.3 is 0 Å². The number of fused-ring (bicyclic) bond motifs is 9. The lowest BCUT2D eigenvalue weighted by atomic mass is 10.1. The van der Waals surface area contributed by atoms with Crippen LogP contribution in [0.5, 0.6) is 0 Å². The van der Waals surface area contributed by atoms with Gasteiger partial charge in [-0.3, -0.25) is 0 Å². The lowest BCUT2D eigenvalue weighted by Crippen LogP contribution is -1.96. The zero-order valence-corrected chi connectivity index (χ0v) is 21.9. The van der Waals surface area contributed by atoms with Gasteiger partial charge in [-0.25, -0.2) is 0 Å². The van der Waals surface area contributed by atoms with Crippen LogP contribution in [0.25, 0.3) is 76.9 Å². The summed E-state index contributed by atoms with van der Waals surface area (Å²) in [6.07, 6.45) is 0. The summed E-state index contributed by atoms with van der Waals surface area (Å²) >= 11 is 0. The molecule has 0 saturated heterocycles. The van der Waals surface area contributed by atoms with Gasteiger partial charge in [-0.2, -0.15) is 5.26 Å². The van der Waals surface area contributed by atoms with Crippen LogP contribution in [0.3, 0.4) is 0 Å². The molecule has 0 aliphatic carbocycles. The van der Waals surface area contributed by atoms with Gasteiger partial charge in [-0.15, -0.1) is 0 Å². The molecular formula is C37H21N3O. The van der Waals surface area contributed by atoms with Crippen molar-refractivity contribution in [1.29, 1.82) is 5.26 Å². The number of para-hydroxylation sites is 4. The average molecular weight is 524 g/mol. The van der Waals surface area contributed by atoms with Crippen LogP contribution in [0, 0.1) is 11.3 Å². The Bertz CT molecular complexity index is 2500. The van der Waals surface area contributed by atoms with Crippen molar-refractivity contribution >= 4 is 65.6 Å². The highest BCUT2D eigenvalue weighted by Crippen LogP contribution is 2.40. The van der Waals surface area contributed by atoms with Crippen LogP contribution in [0.2, 0.25) is 0 Å². The maximum atomic E-state index is 10.0. The van der Waals surface area contributed by atoms with Crippen molar-refractivity contribution in [3.63, 3.8) is 0 Å². The fourth-order valence-electron chi connectivity index (χ4n) is 6.68. The van der Waals surface area contributed by atoms with Crippen LogP contribution in [-0.4, -0.2) is 9.13 Å². The van der Waals surface area contributed by atoms with E-state index in [1.54, 1.807) is 0 Å². The van der Waals surface area contributed by atoms with Gasteiger partial charge in [0, 0.05) is 32.6 Å². The minimum absolute atomic E-state index is 0.654. The van der Waals surface area contributed by atoms with E-state index in [1.807, 2.05) is 18.2 Å². The fraction of sp³-hybridized carbons (Fsp3) is 0. The van der Waals surface area contributed by atoms with Crippen molar-refractivity contribution in [2.75, 3.05) is 0 Å². The normalized spacial score (nSPS) is 11.9. The smallest absolute Gasteiger partial charge is 0.137 e. The molecule has 0 aliphatic heterocycles. The Morgan fingerprint density at radius 1 is 0.512 bits per heavy atom. The lowest BCUT2D eigenvalue weighted by molar-refractivity contribution is 0.669. The molecule has 4 nitrogen and oxygen atoms in total. The van der Waals surface area contributed by atoms with E-state index in [-0.39, 0.29) is 0 Å². The molecule has 0 saturated carbocycles. The number of nitriles is 1. The van der Waals surface area contributed by atoms with Gasteiger partial charge in [0.05, 0.1) is 38.7 Å². The molecule has 3 aromatic heterocycles. The molecule has 0 bridgehead atoms. The van der Waals surface area contributed by atoms with Gasteiger partial charge in [-0.05, 0) is 54.6 Å². The molecule has 0 spiro atoms. The van der Waals surface area contributed by atoms with E-state index in [9.17, 15) is 5.26 Å². The zero-order valence-electron chi connectivity index (χ0n) is 21.9. The Morgan fingerprint density at radius 3 is 1.83 bits per heavy atom. The van der Waals surface area contributed by atoms with Gasteiger partial charge in [0.1, 0.15) is 17.2 Å². The molecule has 0 fully saturated rings. The van der Waals surface area contributed by atoms with Crippen LogP contribution in [0.15, 0.2) is 132 Å². The highest BCUT2D eigenvalue weighted by molar-refractivity contribution is 6.15. The first-order valence-corrected chi connectivity index (χ1v) is 13.7. The Hall–Kier alpha value is -5.79. The molecule has 0 N–H and O–H groups in total. The number of aromatic nitrogens is 2. The van der Waals surface area contributed by atoms with Crippen molar-refractivity contribution in [3.05, 3.63) is 133 Å². The molecule has 0 amide bonds. The molecule has 6 aromatic carbocycles. The molecule has 9 rings (SSSR count). The largest absolute Gasteiger partial charge is 0.456 e. The number of nitrogens with zero attached hydrogens (tertiary/aromatic N) is 3. The minimum Gasteiger partial charge on any atom is -0.456 e. The van der Waals surface area contributed by atoms with Gasteiger partial charge < -0.3 is 13.6 Å². The van der Waals surface area contributed by atoms with E-state index in [0.29, 0.717) is 5.56 Å². The Labute approximate surface area is 234 Å². The van der Waals surface area contributed by atoms with Crippen LogP contribution < -0.4 is 0 Å². The van der Waals surface area contributed by atoms with E-state index in [1.165, 1.54) is 10.8 Å². The van der Waals surface area contributed by atoms with E-state index < -0.39 is 0 Å². The topological polar surface area (TPSA) is 46.8 Å². The summed E-state index contributed by atoms with van der Waals surface area (Å²) in [4.78, 5) is 0. The number of benzene rings is 6. The third-order valence-corrected chi connectivity index (χ3v) is 8.35. The van der Waals surface area contributed by atoms with Crippen molar-refractivity contribution in [1.82, 2.24) is 9.13 Å². The van der Waals surface area contributed by atoms with Gasteiger partial charge in [0.15, 0.2) is 0 Å². The van der Waals surface area contributed by atoms with Crippen LogP contribution in [0.4, 0.5) is 0 Å². The van der Waals surface area contributed by atoms with Crippen molar-refractivity contribution < 1.29 is 4.42 Å². The second-order valence-electron chi connectivity index (χ2n) is 10.5. The minimum atomic E-state index is 0.654. The number of furan rings is 1. The SMILES string of the molecule is N#Cc1cccc2c3ccccc3n(-c3ccc4oc5cccc(-n6c7ccccc7c7ccccc76)c5c4c3)c12. The molecule has 190 valence electrons. The van der Waals surface area contributed by atoms with Gasteiger partial charge in [0.25, 0.3) is 0 Å². The maximum Gasteiger partial charge on any atom is 0.137 e. The van der Waals surface area contributed by atoms with Crippen LogP contribution in [-0.2, 0) is 0 Å². The van der Waals surface area contributed by atoms with E-state index >= 15 is 0 Å². The Balaban J connectivity index is 1.41. The summed E-state index contributed by atoms with van der Waals surface area (Å²) in [7, 11) is 0. The Morgan fingerprint density at radius 2 is 1.12 bits per heavy atom. The van der Waals surface area contributed by atoms with E-state index in [2.05, 4.69) is 124 Å².